The molecule has 0 unspecified atom stereocenters. The van der Waals surface area contributed by atoms with Crippen molar-refractivity contribution in [3.63, 3.8) is 0 Å². The number of hydrogen-bond donors (Lipinski definition) is 3. The lowest BCUT2D eigenvalue weighted by Gasteiger charge is -2.44. The fourth-order valence-electron chi connectivity index (χ4n) is 5.70. The Balaban J connectivity index is 1.32. The molecule has 9 nitrogen and oxygen atoms in total. The zero-order valence-corrected chi connectivity index (χ0v) is 22.2. The number of nitrogens with zero attached hydrogens (tertiary/aromatic N) is 3. The van der Waals surface area contributed by atoms with E-state index in [4.69, 9.17) is 4.52 Å². The molecule has 5 atom stereocenters. The lowest BCUT2D eigenvalue weighted by molar-refractivity contribution is -0.129. The van der Waals surface area contributed by atoms with E-state index in [1.54, 1.807) is 12.3 Å². The minimum absolute atomic E-state index is 0.0118. The first-order valence-corrected chi connectivity index (χ1v) is 13.7. The van der Waals surface area contributed by atoms with Gasteiger partial charge in [-0.2, -0.15) is 0 Å². The van der Waals surface area contributed by atoms with Gasteiger partial charge in [-0.05, 0) is 50.5 Å². The molecule has 3 heterocycles. The van der Waals surface area contributed by atoms with Crippen LogP contribution in [0, 0.1) is 17.6 Å². The Morgan fingerprint density at radius 3 is 2.70 bits per heavy atom. The maximum atomic E-state index is 14.2. The average Bonchev–Trinajstić information content (AvgIpc) is 3.44. The molecule has 0 spiro atoms. The number of amides is 2. The molecular formula is C29H33F2N5O4. The Kier molecular flexibility index (Phi) is 8.51. The Morgan fingerprint density at radius 2 is 1.95 bits per heavy atom. The first-order chi connectivity index (χ1) is 19.3. The van der Waals surface area contributed by atoms with Crippen LogP contribution in [0.3, 0.4) is 0 Å². The van der Waals surface area contributed by atoms with Gasteiger partial charge in [-0.25, -0.2) is 8.78 Å². The number of halogens is 2. The molecule has 1 saturated carbocycles. The number of nitrogens with one attached hydrogen (secondary N) is 2. The number of aliphatic hydroxyl groups is 1. The van der Waals surface area contributed by atoms with Crippen molar-refractivity contribution in [2.75, 3.05) is 13.1 Å². The fourth-order valence-corrected chi connectivity index (χ4v) is 5.70. The monoisotopic (exact) mass is 553 g/mol. The first-order valence-electron chi connectivity index (χ1n) is 13.7. The number of aromatic nitrogens is 2. The minimum atomic E-state index is -0.834. The van der Waals surface area contributed by atoms with E-state index in [0.29, 0.717) is 19.5 Å². The third-order valence-corrected chi connectivity index (χ3v) is 7.89. The molecule has 1 aliphatic carbocycles. The fraction of sp³-hybridized carbons (Fsp3) is 0.448. The van der Waals surface area contributed by atoms with Crippen LogP contribution in [0.15, 0.2) is 53.2 Å². The average molecular weight is 554 g/mol. The minimum Gasteiger partial charge on any atom is -0.391 e. The summed E-state index contributed by atoms with van der Waals surface area (Å²) in [5, 5.41) is 20.4. The van der Waals surface area contributed by atoms with Gasteiger partial charge in [-0.1, -0.05) is 24.1 Å². The highest BCUT2D eigenvalue weighted by Gasteiger charge is 2.40. The van der Waals surface area contributed by atoms with Crippen molar-refractivity contribution in [2.45, 2.75) is 63.3 Å². The SMILES string of the molecule is C[C@H](NC(=O)[C@H]1CN([C@@H]2CCCC[C@@H]2O)CC[C@@H]1NC(=O)c1cc(-c2ccc(F)cc2F)on1)c1ccccn1. The highest BCUT2D eigenvalue weighted by atomic mass is 19.1. The van der Waals surface area contributed by atoms with Gasteiger partial charge in [-0.15, -0.1) is 0 Å². The molecule has 1 aliphatic heterocycles. The quantitative estimate of drug-likeness (QED) is 0.409. The second-order valence-electron chi connectivity index (χ2n) is 10.6. The number of rotatable bonds is 7. The second kappa shape index (κ2) is 12.2. The number of pyridine rings is 1. The molecule has 1 aromatic carbocycles. The van der Waals surface area contributed by atoms with Crippen molar-refractivity contribution in [1.29, 1.82) is 0 Å². The second-order valence-corrected chi connectivity index (χ2v) is 10.6. The Hall–Kier alpha value is -3.70. The Morgan fingerprint density at radius 1 is 1.12 bits per heavy atom. The summed E-state index contributed by atoms with van der Waals surface area (Å²) in [5.41, 5.74) is 0.618. The first kappa shape index (κ1) is 27.9. The third kappa shape index (κ3) is 6.20. The van der Waals surface area contributed by atoms with E-state index >= 15 is 0 Å². The molecule has 3 N–H and O–H groups in total. The summed E-state index contributed by atoms with van der Waals surface area (Å²) in [6, 6.07) is 8.93. The largest absolute Gasteiger partial charge is 0.391 e. The van der Waals surface area contributed by atoms with E-state index in [9.17, 15) is 23.5 Å². The van der Waals surface area contributed by atoms with E-state index in [-0.39, 0.29) is 35.0 Å². The molecule has 0 bridgehead atoms. The molecule has 40 heavy (non-hydrogen) atoms. The summed E-state index contributed by atoms with van der Waals surface area (Å²) in [5.74, 6) is -2.97. The highest BCUT2D eigenvalue weighted by molar-refractivity contribution is 5.94. The molecule has 0 radical (unpaired) electrons. The van der Waals surface area contributed by atoms with Crippen molar-refractivity contribution in [2.24, 2.45) is 5.92 Å². The molecule has 11 heteroatoms. The number of likely N-dealkylation sites (tertiary alicyclic amines) is 1. The maximum Gasteiger partial charge on any atom is 0.273 e. The van der Waals surface area contributed by atoms with Gasteiger partial charge in [0.1, 0.15) is 11.6 Å². The maximum absolute atomic E-state index is 14.2. The van der Waals surface area contributed by atoms with Crippen LogP contribution in [0.25, 0.3) is 11.3 Å². The van der Waals surface area contributed by atoms with Crippen LogP contribution in [0.2, 0.25) is 0 Å². The van der Waals surface area contributed by atoms with Crippen molar-refractivity contribution < 1.29 is 28.0 Å². The normalized spacial score (nSPS) is 24.3. The summed E-state index contributed by atoms with van der Waals surface area (Å²) in [6.07, 6.45) is 5.31. The summed E-state index contributed by atoms with van der Waals surface area (Å²) < 4.78 is 32.7. The highest BCUT2D eigenvalue weighted by Crippen LogP contribution is 2.29. The number of piperidine rings is 1. The van der Waals surface area contributed by atoms with Crippen LogP contribution in [0.1, 0.15) is 61.3 Å². The molecule has 2 amide bonds. The van der Waals surface area contributed by atoms with Gasteiger partial charge in [0.15, 0.2) is 11.5 Å². The number of benzene rings is 1. The smallest absolute Gasteiger partial charge is 0.273 e. The number of carbonyl (C=O) groups excluding carboxylic acids is 2. The predicted molar refractivity (Wildman–Crippen MR) is 142 cm³/mol. The van der Waals surface area contributed by atoms with Gasteiger partial charge >= 0.3 is 0 Å². The van der Waals surface area contributed by atoms with Crippen LogP contribution < -0.4 is 10.6 Å². The van der Waals surface area contributed by atoms with Crippen LogP contribution in [-0.4, -0.2) is 63.2 Å². The zero-order chi connectivity index (χ0) is 28.2. The Bertz CT molecular complexity index is 1340. The summed E-state index contributed by atoms with van der Waals surface area (Å²) >= 11 is 0. The molecule has 1 saturated heterocycles. The summed E-state index contributed by atoms with van der Waals surface area (Å²) in [7, 11) is 0. The van der Waals surface area contributed by atoms with Gasteiger partial charge in [0, 0.05) is 43.5 Å². The molecule has 2 aliphatic rings. The lowest BCUT2D eigenvalue weighted by Crippen LogP contribution is -2.59. The van der Waals surface area contributed by atoms with Crippen molar-refractivity contribution in [3.8, 4) is 11.3 Å². The van der Waals surface area contributed by atoms with E-state index in [1.807, 2.05) is 19.1 Å². The molecule has 2 fully saturated rings. The van der Waals surface area contributed by atoms with Gasteiger partial charge in [0.2, 0.25) is 5.91 Å². The standard InChI is InChI=1S/C29H33F2N5O4/c1-17(22-6-4-5-12-32-22)33-28(38)20-16-36(25-7-2-3-8-26(25)37)13-11-23(20)34-29(39)24-15-27(40-35-24)19-10-9-18(30)14-21(19)31/h4-6,9-10,12,14-15,17,20,23,25-26,37H,2-3,7-8,11,13,16H2,1H3,(H,33,38)(H,34,39)/t17-,20-,23-,25+,26-/m0/s1. The molecule has 212 valence electrons. The van der Waals surface area contributed by atoms with Crippen LogP contribution >= 0.6 is 0 Å². The van der Waals surface area contributed by atoms with Crippen molar-refractivity contribution in [1.82, 2.24) is 25.7 Å². The molecular weight excluding hydrogens is 520 g/mol. The van der Waals surface area contributed by atoms with Gasteiger partial charge in [0.25, 0.3) is 5.91 Å². The van der Waals surface area contributed by atoms with Crippen LogP contribution in [0.5, 0.6) is 0 Å². The summed E-state index contributed by atoms with van der Waals surface area (Å²) in [4.78, 5) is 33.2. The lowest BCUT2D eigenvalue weighted by atomic mass is 9.85. The molecule has 2 aromatic heterocycles. The van der Waals surface area contributed by atoms with Gasteiger partial charge in [-0.3, -0.25) is 19.5 Å². The van der Waals surface area contributed by atoms with Crippen molar-refractivity contribution >= 4 is 11.8 Å². The van der Waals surface area contributed by atoms with Crippen molar-refractivity contribution in [3.05, 3.63) is 71.7 Å². The number of carbonyl (C=O) groups is 2. The Labute approximate surface area is 231 Å². The zero-order valence-electron chi connectivity index (χ0n) is 22.2. The van der Waals surface area contributed by atoms with Crippen LogP contribution in [0.4, 0.5) is 8.78 Å². The van der Waals surface area contributed by atoms with E-state index in [2.05, 4.69) is 25.7 Å². The number of hydrogen-bond acceptors (Lipinski definition) is 7. The topological polar surface area (TPSA) is 121 Å². The van der Waals surface area contributed by atoms with E-state index < -0.39 is 35.6 Å². The van der Waals surface area contributed by atoms with E-state index in [0.717, 1.165) is 43.5 Å². The third-order valence-electron chi connectivity index (χ3n) is 7.89. The van der Waals surface area contributed by atoms with Crippen LogP contribution in [-0.2, 0) is 4.79 Å². The molecule has 3 aromatic rings. The molecule has 5 rings (SSSR count). The van der Waals surface area contributed by atoms with E-state index in [1.165, 1.54) is 12.1 Å². The predicted octanol–water partition coefficient (Wildman–Crippen LogP) is 3.62. The van der Waals surface area contributed by atoms with Gasteiger partial charge in [0.05, 0.1) is 29.3 Å². The van der Waals surface area contributed by atoms with Gasteiger partial charge < -0.3 is 20.3 Å². The summed E-state index contributed by atoms with van der Waals surface area (Å²) in [6.45, 7) is 2.83. The number of aliphatic hydroxyl groups excluding tert-OH is 1.